The zero-order chi connectivity index (χ0) is 22.5. The molecule has 1 fully saturated rings. The maximum absolute atomic E-state index is 12.6. The van der Waals surface area contributed by atoms with Gasteiger partial charge in [-0.25, -0.2) is 15.0 Å². The molecule has 3 atom stereocenters. The van der Waals surface area contributed by atoms with Crippen molar-refractivity contribution in [2.75, 3.05) is 11.9 Å². The van der Waals surface area contributed by atoms with E-state index in [9.17, 15) is 9.59 Å². The Labute approximate surface area is 179 Å². The predicted octanol–water partition coefficient (Wildman–Crippen LogP) is 0.953. The molecule has 1 amide bonds. The van der Waals surface area contributed by atoms with Crippen molar-refractivity contribution < 1.29 is 19.4 Å². The van der Waals surface area contributed by atoms with Crippen molar-refractivity contribution in [2.24, 2.45) is 5.92 Å². The maximum atomic E-state index is 12.6. The molecule has 0 aliphatic heterocycles. The van der Waals surface area contributed by atoms with E-state index in [4.69, 9.17) is 14.6 Å². The summed E-state index contributed by atoms with van der Waals surface area (Å²) in [7, 11) is 0. The molecule has 2 aromatic rings. The van der Waals surface area contributed by atoms with E-state index >= 15 is 0 Å². The average molecular weight is 432 g/mol. The molecule has 0 saturated heterocycles. The molecule has 4 N–H and O–H groups in total. The number of nitrogens with zero attached hydrogens (tertiary/aromatic N) is 3. The first-order chi connectivity index (χ1) is 15.1. The molecular weight excluding hydrogens is 404 g/mol. The van der Waals surface area contributed by atoms with Gasteiger partial charge in [-0.05, 0) is 31.7 Å². The highest BCUT2D eigenvalue weighted by Crippen LogP contribution is 2.29. The lowest BCUT2D eigenvalue weighted by Gasteiger charge is -2.35. The molecule has 0 unspecified atom stereocenters. The van der Waals surface area contributed by atoms with Crippen LogP contribution < -0.4 is 16.2 Å². The fourth-order valence-corrected chi connectivity index (χ4v) is 3.35. The first kappa shape index (κ1) is 23.9. The van der Waals surface area contributed by atoms with Crippen LogP contribution in [0.3, 0.4) is 0 Å². The fourth-order valence-electron chi connectivity index (χ4n) is 3.35. The molecule has 1 saturated carbocycles. The maximum Gasteiger partial charge on any atom is 0.290 e. The number of carbonyl (C=O) groups is 2. The van der Waals surface area contributed by atoms with Crippen molar-refractivity contribution >= 4 is 18.3 Å². The minimum atomic E-state index is -0.250. The summed E-state index contributed by atoms with van der Waals surface area (Å²) in [5, 5.41) is 13.1. The summed E-state index contributed by atoms with van der Waals surface area (Å²) in [5.41, 5.74) is 0.300. The third-order valence-corrected chi connectivity index (χ3v) is 4.76. The Morgan fingerprint density at radius 1 is 1.32 bits per heavy atom. The molecule has 0 spiro atoms. The molecule has 2 aromatic heterocycles. The molecule has 11 nitrogen and oxygen atoms in total. The number of nitrogens with one attached hydrogen (secondary N) is 3. The number of amides is 1. The number of rotatable bonds is 8. The van der Waals surface area contributed by atoms with Crippen molar-refractivity contribution in [3.8, 4) is 0 Å². The van der Waals surface area contributed by atoms with Gasteiger partial charge >= 0.3 is 0 Å². The molecule has 0 bridgehead atoms. The quantitative estimate of drug-likeness (QED) is 0.445. The van der Waals surface area contributed by atoms with E-state index in [0.717, 1.165) is 19.3 Å². The van der Waals surface area contributed by atoms with Gasteiger partial charge in [-0.2, -0.15) is 0 Å². The second kappa shape index (κ2) is 13.1. The van der Waals surface area contributed by atoms with Gasteiger partial charge in [0, 0.05) is 31.0 Å². The normalized spacial score (nSPS) is 20.1. The number of hydrogen-bond donors (Lipinski definition) is 4. The Balaban J connectivity index is 0.00000107. The van der Waals surface area contributed by atoms with E-state index in [-0.39, 0.29) is 42.5 Å². The van der Waals surface area contributed by atoms with Crippen LogP contribution in [0, 0.1) is 5.92 Å². The summed E-state index contributed by atoms with van der Waals surface area (Å²) < 4.78 is 6.02. The standard InChI is InChI=1S/C19H26N6O3.CH2O2/c1-2-8-28-16-9-13(4-5-15(16)25-19-20-6-3-7-21-19)18(27)22-11-14-10-17(26)24-12-23-14;2-1-3/h3,6-7,10,12-13,15-16H,2,4-5,8-9,11H2,1H3,(H,22,27)(H,20,21,25)(H,23,24,26);1H,(H,2,3)/t13-,15+,16+;/m0./s1. The van der Waals surface area contributed by atoms with Crippen LogP contribution in [0.1, 0.15) is 38.3 Å². The minimum Gasteiger partial charge on any atom is -0.483 e. The van der Waals surface area contributed by atoms with Crippen molar-refractivity contribution in [2.45, 2.75) is 51.3 Å². The number of anilines is 1. The second-order valence-corrected chi connectivity index (χ2v) is 6.97. The van der Waals surface area contributed by atoms with E-state index in [0.29, 0.717) is 24.7 Å². The number of carboxylic acid groups (broad SMARTS) is 1. The average Bonchev–Trinajstić information content (AvgIpc) is 2.78. The van der Waals surface area contributed by atoms with E-state index in [2.05, 4.69) is 37.5 Å². The molecule has 1 aliphatic carbocycles. The van der Waals surface area contributed by atoms with Crippen LogP contribution in [0.4, 0.5) is 5.95 Å². The third kappa shape index (κ3) is 8.13. The van der Waals surface area contributed by atoms with Gasteiger partial charge in [0.2, 0.25) is 11.9 Å². The van der Waals surface area contributed by atoms with Gasteiger partial charge in [-0.1, -0.05) is 6.92 Å². The third-order valence-electron chi connectivity index (χ3n) is 4.76. The highest BCUT2D eigenvalue weighted by Gasteiger charge is 2.34. The van der Waals surface area contributed by atoms with Gasteiger partial charge in [0.25, 0.3) is 12.0 Å². The molecule has 0 radical (unpaired) electrons. The summed E-state index contributed by atoms with van der Waals surface area (Å²) in [6.07, 6.45) is 7.69. The van der Waals surface area contributed by atoms with Crippen LogP contribution in [0.15, 0.2) is 35.6 Å². The van der Waals surface area contributed by atoms with Crippen molar-refractivity contribution in [3.05, 3.63) is 46.9 Å². The van der Waals surface area contributed by atoms with Gasteiger partial charge < -0.3 is 25.5 Å². The Kier molecular flexibility index (Phi) is 10.1. The Bertz CT molecular complexity index is 862. The van der Waals surface area contributed by atoms with E-state index in [1.807, 2.05) is 0 Å². The summed E-state index contributed by atoms with van der Waals surface area (Å²) >= 11 is 0. The lowest BCUT2D eigenvalue weighted by atomic mass is 9.83. The molecular formula is C20H28N6O5. The number of H-pyrrole nitrogens is 1. The lowest BCUT2D eigenvalue weighted by Crippen LogP contribution is -2.45. The molecule has 11 heteroatoms. The van der Waals surface area contributed by atoms with Crippen LogP contribution in [-0.2, 0) is 20.9 Å². The molecule has 31 heavy (non-hydrogen) atoms. The van der Waals surface area contributed by atoms with Crippen LogP contribution in [0.25, 0.3) is 0 Å². The summed E-state index contributed by atoms with van der Waals surface area (Å²) in [5.74, 6) is 0.390. The van der Waals surface area contributed by atoms with Gasteiger partial charge in [-0.3, -0.25) is 14.4 Å². The monoisotopic (exact) mass is 432 g/mol. The fraction of sp³-hybridized carbons (Fsp3) is 0.500. The number of hydrogen-bond acceptors (Lipinski definition) is 8. The van der Waals surface area contributed by atoms with Gasteiger partial charge in [-0.15, -0.1) is 0 Å². The smallest absolute Gasteiger partial charge is 0.290 e. The highest BCUT2D eigenvalue weighted by molar-refractivity contribution is 5.78. The van der Waals surface area contributed by atoms with Crippen molar-refractivity contribution in [1.82, 2.24) is 25.3 Å². The number of aromatic nitrogens is 4. The van der Waals surface area contributed by atoms with Crippen molar-refractivity contribution in [3.63, 3.8) is 0 Å². The Morgan fingerprint density at radius 3 is 2.74 bits per heavy atom. The van der Waals surface area contributed by atoms with Crippen LogP contribution >= 0.6 is 0 Å². The second-order valence-electron chi connectivity index (χ2n) is 6.97. The number of carbonyl (C=O) groups excluding carboxylic acids is 1. The van der Waals surface area contributed by atoms with Crippen LogP contribution in [0.5, 0.6) is 0 Å². The largest absolute Gasteiger partial charge is 0.483 e. The molecule has 2 heterocycles. The molecule has 3 rings (SSSR count). The zero-order valence-corrected chi connectivity index (χ0v) is 17.4. The molecule has 168 valence electrons. The minimum absolute atomic E-state index is 0.0402. The lowest BCUT2D eigenvalue weighted by molar-refractivity contribution is -0.128. The summed E-state index contributed by atoms with van der Waals surface area (Å²) in [6, 6.07) is 3.22. The van der Waals surface area contributed by atoms with Gasteiger partial charge in [0.05, 0.1) is 30.7 Å². The zero-order valence-electron chi connectivity index (χ0n) is 17.4. The summed E-state index contributed by atoms with van der Waals surface area (Å²) in [6.45, 7) is 2.69. The van der Waals surface area contributed by atoms with Crippen molar-refractivity contribution in [1.29, 1.82) is 0 Å². The first-order valence-corrected chi connectivity index (χ1v) is 10.1. The topological polar surface area (TPSA) is 159 Å². The first-order valence-electron chi connectivity index (χ1n) is 10.1. The Morgan fingerprint density at radius 2 is 2.06 bits per heavy atom. The van der Waals surface area contributed by atoms with Crippen LogP contribution in [-0.4, -0.2) is 56.2 Å². The molecule has 1 aliphatic rings. The number of ether oxygens (including phenoxy) is 1. The Hall–Kier alpha value is -3.34. The highest BCUT2D eigenvalue weighted by atomic mass is 16.5. The van der Waals surface area contributed by atoms with Gasteiger partial charge in [0.1, 0.15) is 0 Å². The summed E-state index contributed by atoms with van der Waals surface area (Å²) in [4.78, 5) is 47.3. The SMILES string of the molecule is CCCO[C@@H]1C[C@@H](C(=O)NCc2cc(=O)[nH]cn2)CC[C@H]1Nc1ncccn1.O=CO. The predicted molar refractivity (Wildman–Crippen MR) is 112 cm³/mol. The van der Waals surface area contributed by atoms with E-state index in [1.54, 1.807) is 18.5 Å². The van der Waals surface area contributed by atoms with Crippen LogP contribution in [0.2, 0.25) is 0 Å². The van der Waals surface area contributed by atoms with E-state index < -0.39 is 0 Å². The van der Waals surface area contributed by atoms with Gasteiger partial charge in [0.15, 0.2) is 0 Å². The van der Waals surface area contributed by atoms with E-state index in [1.165, 1.54) is 12.4 Å². The number of aromatic amines is 1. The molecule has 0 aromatic carbocycles.